The van der Waals surface area contributed by atoms with E-state index in [2.05, 4.69) is 20.9 Å². The highest BCUT2D eigenvalue weighted by atomic mass is 16.2. The Morgan fingerprint density at radius 3 is 2.14 bits per heavy atom. The molecule has 6 nitrogen and oxygen atoms in total. The lowest BCUT2D eigenvalue weighted by Crippen LogP contribution is -2.38. The van der Waals surface area contributed by atoms with Gasteiger partial charge in [-0.3, -0.25) is 4.79 Å². The van der Waals surface area contributed by atoms with Gasteiger partial charge in [0.2, 0.25) is 5.91 Å². The van der Waals surface area contributed by atoms with Crippen molar-refractivity contribution < 1.29 is 9.59 Å². The third-order valence-electron chi connectivity index (χ3n) is 5.43. The summed E-state index contributed by atoms with van der Waals surface area (Å²) in [5, 5.41) is 8.75. The molecule has 0 fully saturated rings. The minimum Gasteiger partial charge on any atom is -0.353 e. The van der Waals surface area contributed by atoms with Crippen LogP contribution in [0.4, 0.5) is 10.5 Å². The fourth-order valence-corrected chi connectivity index (χ4v) is 3.62. The van der Waals surface area contributed by atoms with E-state index in [9.17, 15) is 9.59 Å². The first kappa shape index (κ1) is 25.7. The minimum atomic E-state index is -0.339. The number of rotatable bonds is 11. The number of hydrogen-bond acceptors (Lipinski definition) is 3. The molecule has 0 radical (unpaired) electrons. The maximum Gasteiger partial charge on any atom is 0.319 e. The second kappa shape index (κ2) is 13.7. The predicted octanol–water partition coefficient (Wildman–Crippen LogP) is 4.71. The van der Waals surface area contributed by atoms with Crippen LogP contribution in [0.2, 0.25) is 0 Å². The van der Waals surface area contributed by atoms with Gasteiger partial charge in [-0.05, 0) is 62.3 Å². The zero-order valence-electron chi connectivity index (χ0n) is 20.4. The molecule has 3 aromatic rings. The van der Waals surface area contributed by atoms with Gasteiger partial charge in [0.05, 0.1) is 6.04 Å². The number of urea groups is 1. The highest BCUT2D eigenvalue weighted by Crippen LogP contribution is 2.21. The number of carbonyl (C=O) groups excluding carboxylic acids is 2. The number of nitrogens with zero attached hydrogens (tertiary/aromatic N) is 1. The van der Waals surface area contributed by atoms with Gasteiger partial charge in [0, 0.05) is 18.3 Å². The van der Waals surface area contributed by atoms with E-state index in [4.69, 9.17) is 0 Å². The Morgan fingerprint density at radius 2 is 1.49 bits per heavy atom. The summed E-state index contributed by atoms with van der Waals surface area (Å²) in [6.07, 6.45) is 4.69. The Bertz CT molecular complexity index is 1080. The normalized spacial score (nSPS) is 11.9. The maximum atomic E-state index is 12.7. The van der Waals surface area contributed by atoms with Crippen LogP contribution in [0.15, 0.2) is 97.1 Å². The molecule has 3 rings (SSSR count). The Balaban J connectivity index is 1.58. The molecule has 3 amide bonds. The van der Waals surface area contributed by atoms with Gasteiger partial charge in [-0.15, -0.1) is 0 Å². The summed E-state index contributed by atoms with van der Waals surface area (Å²) >= 11 is 0. The van der Waals surface area contributed by atoms with Gasteiger partial charge >= 0.3 is 6.03 Å². The van der Waals surface area contributed by atoms with Crippen LogP contribution in [-0.4, -0.2) is 50.1 Å². The molecule has 1 atom stereocenters. The summed E-state index contributed by atoms with van der Waals surface area (Å²) in [6.45, 7) is 1.52. The van der Waals surface area contributed by atoms with Crippen LogP contribution in [0.3, 0.4) is 0 Å². The van der Waals surface area contributed by atoms with E-state index in [1.165, 1.54) is 6.08 Å². The van der Waals surface area contributed by atoms with Crippen molar-refractivity contribution in [2.75, 3.05) is 32.5 Å². The third-order valence-corrected chi connectivity index (χ3v) is 5.43. The largest absolute Gasteiger partial charge is 0.353 e. The zero-order chi connectivity index (χ0) is 24.9. The second-order valence-electron chi connectivity index (χ2n) is 8.65. The monoisotopic (exact) mass is 470 g/mol. The van der Waals surface area contributed by atoms with Crippen molar-refractivity contribution in [2.45, 2.75) is 18.9 Å². The Labute approximate surface area is 208 Å². The standard InChI is InChI=1S/C29H34N4O2/c1-33(2)21-9-20-30-28(34)19-18-27(22-23-10-5-3-6-11-23)32-29(35)31-26-16-14-25(15-17-26)24-12-7-4-8-13-24/h3-8,10-19,27H,9,20-22H2,1-2H3,(H,30,34)(H2,31,32,35)/t27-/m1/s1. The van der Waals surface area contributed by atoms with Gasteiger partial charge in [0.25, 0.3) is 0 Å². The molecule has 0 unspecified atom stereocenters. The zero-order valence-corrected chi connectivity index (χ0v) is 20.4. The predicted molar refractivity (Wildman–Crippen MR) is 143 cm³/mol. The van der Waals surface area contributed by atoms with Gasteiger partial charge < -0.3 is 20.9 Å². The van der Waals surface area contributed by atoms with E-state index in [-0.39, 0.29) is 18.0 Å². The van der Waals surface area contributed by atoms with E-state index in [0.29, 0.717) is 18.7 Å². The van der Waals surface area contributed by atoms with Crippen molar-refractivity contribution >= 4 is 17.6 Å². The van der Waals surface area contributed by atoms with Crippen LogP contribution in [0.5, 0.6) is 0 Å². The molecule has 182 valence electrons. The summed E-state index contributed by atoms with van der Waals surface area (Å²) < 4.78 is 0. The van der Waals surface area contributed by atoms with Crippen LogP contribution in [0.25, 0.3) is 11.1 Å². The number of hydrogen-bond donors (Lipinski definition) is 3. The average molecular weight is 471 g/mol. The molecular formula is C29H34N4O2. The lowest BCUT2D eigenvalue weighted by atomic mass is 10.1. The lowest BCUT2D eigenvalue weighted by molar-refractivity contribution is -0.116. The number of benzene rings is 3. The molecule has 0 saturated heterocycles. The highest BCUT2D eigenvalue weighted by Gasteiger charge is 2.11. The third kappa shape index (κ3) is 9.47. The second-order valence-corrected chi connectivity index (χ2v) is 8.65. The molecule has 6 heteroatoms. The molecule has 3 aromatic carbocycles. The van der Waals surface area contributed by atoms with Crippen molar-refractivity contribution in [3.63, 3.8) is 0 Å². The molecule has 0 saturated carbocycles. The van der Waals surface area contributed by atoms with Crippen LogP contribution in [0.1, 0.15) is 12.0 Å². The SMILES string of the molecule is CN(C)CCCNC(=O)C=C[C@H](Cc1ccccc1)NC(=O)Nc1ccc(-c2ccccc2)cc1. The number of amides is 3. The van der Waals surface area contributed by atoms with E-state index >= 15 is 0 Å². The van der Waals surface area contributed by atoms with E-state index in [1.807, 2.05) is 99.0 Å². The fraction of sp³-hybridized carbons (Fsp3) is 0.241. The molecular weight excluding hydrogens is 436 g/mol. The van der Waals surface area contributed by atoms with Crippen LogP contribution in [0, 0.1) is 0 Å². The van der Waals surface area contributed by atoms with Crippen LogP contribution < -0.4 is 16.0 Å². The lowest BCUT2D eigenvalue weighted by Gasteiger charge is -2.16. The van der Waals surface area contributed by atoms with Gasteiger partial charge in [-0.1, -0.05) is 78.9 Å². The van der Waals surface area contributed by atoms with Crippen LogP contribution in [-0.2, 0) is 11.2 Å². The van der Waals surface area contributed by atoms with Gasteiger partial charge in [0.15, 0.2) is 0 Å². The number of carbonyl (C=O) groups is 2. The molecule has 0 bridgehead atoms. The van der Waals surface area contributed by atoms with E-state index in [1.54, 1.807) is 6.08 Å². The quantitative estimate of drug-likeness (QED) is 0.281. The van der Waals surface area contributed by atoms with Gasteiger partial charge in [-0.25, -0.2) is 4.79 Å². The van der Waals surface area contributed by atoms with Gasteiger partial charge in [0.1, 0.15) is 0 Å². The average Bonchev–Trinajstić information content (AvgIpc) is 2.86. The molecule has 0 spiro atoms. The number of nitrogens with one attached hydrogen (secondary N) is 3. The van der Waals surface area contributed by atoms with Crippen molar-refractivity contribution in [1.29, 1.82) is 0 Å². The van der Waals surface area contributed by atoms with Crippen molar-refractivity contribution in [1.82, 2.24) is 15.5 Å². The van der Waals surface area contributed by atoms with Crippen LogP contribution >= 0.6 is 0 Å². The van der Waals surface area contributed by atoms with E-state index < -0.39 is 0 Å². The summed E-state index contributed by atoms with van der Waals surface area (Å²) in [4.78, 5) is 27.0. The maximum absolute atomic E-state index is 12.7. The Hall–Kier alpha value is -3.90. The summed E-state index contributed by atoms with van der Waals surface area (Å²) in [5.74, 6) is -0.166. The molecule has 35 heavy (non-hydrogen) atoms. The molecule has 0 aliphatic carbocycles. The highest BCUT2D eigenvalue weighted by molar-refractivity contribution is 5.90. The Morgan fingerprint density at radius 1 is 0.857 bits per heavy atom. The molecule has 0 aliphatic rings. The first-order valence-corrected chi connectivity index (χ1v) is 11.9. The smallest absolute Gasteiger partial charge is 0.319 e. The number of anilines is 1. The Kier molecular flexibility index (Phi) is 10.1. The summed E-state index contributed by atoms with van der Waals surface area (Å²) in [7, 11) is 4.01. The molecule has 3 N–H and O–H groups in total. The molecule has 0 aliphatic heterocycles. The van der Waals surface area contributed by atoms with Crippen molar-refractivity contribution in [3.8, 4) is 11.1 Å². The van der Waals surface area contributed by atoms with Gasteiger partial charge in [-0.2, -0.15) is 0 Å². The van der Waals surface area contributed by atoms with Crippen molar-refractivity contribution in [3.05, 3.63) is 103 Å². The molecule has 0 aromatic heterocycles. The molecule has 0 heterocycles. The summed E-state index contributed by atoms with van der Waals surface area (Å²) in [5.41, 5.74) is 3.97. The fourth-order valence-electron chi connectivity index (χ4n) is 3.62. The van der Waals surface area contributed by atoms with Crippen molar-refractivity contribution in [2.24, 2.45) is 0 Å². The first-order chi connectivity index (χ1) is 17.0. The topological polar surface area (TPSA) is 73.5 Å². The summed E-state index contributed by atoms with van der Waals surface area (Å²) in [6, 6.07) is 27.0. The minimum absolute atomic E-state index is 0.166. The van der Waals surface area contributed by atoms with E-state index in [0.717, 1.165) is 29.7 Å². The first-order valence-electron chi connectivity index (χ1n) is 11.9.